The molecular formula is C42H31NS. The Morgan fingerprint density at radius 2 is 1.30 bits per heavy atom. The molecule has 2 heteroatoms. The van der Waals surface area contributed by atoms with Gasteiger partial charge in [0.2, 0.25) is 0 Å². The molecule has 1 nitrogen and oxygen atoms in total. The lowest BCUT2D eigenvalue weighted by atomic mass is 9.93. The van der Waals surface area contributed by atoms with E-state index in [1.165, 1.54) is 48.9 Å². The first-order chi connectivity index (χ1) is 21.8. The Labute approximate surface area is 263 Å². The highest BCUT2D eigenvalue weighted by atomic mass is 32.2. The molecule has 0 atom stereocenters. The van der Waals surface area contributed by atoms with Crippen molar-refractivity contribution >= 4 is 34.4 Å². The third kappa shape index (κ3) is 5.09. The van der Waals surface area contributed by atoms with Gasteiger partial charge in [-0.15, -0.1) is 5.73 Å². The van der Waals surface area contributed by atoms with Crippen LogP contribution >= 0.6 is 11.8 Å². The van der Waals surface area contributed by atoms with Gasteiger partial charge in [-0.05, 0) is 107 Å². The molecule has 0 fully saturated rings. The Morgan fingerprint density at radius 3 is 2.14 bits per heavy atom. The predicted molar refractivity (Wildman–Crippen MR) is 186 cm³/mol. The van der Waals surface area contributed by atoms with E-state index in [0.29, 0.717) is 0 Å². The topological polar surface area (TPSA) is 3.24 Å². The van der Waals surface area contributed by atoms with Gasteiger partial charge in [0, 0.05) is 38.0 Å². The third-order valence-corrected chi connectivity index (χ3v) is 9.87. The summed E-state index contributed by atoms with van der Waals surface area (Å²) in [5.41, 5.74) is 17.2. The highest BCUT2D eigenvalue weighted by Gasteiger charge is 2.22. The average molecular weight is 582 g/mol. The maximum atomic E-state index is 3.39. The monoisotopic (exact) mass is 581 g/mol. The van der Waals surface area contributed by atoms with E-state index < -0.39 is 0 Å². The van der Waals surface area contributed by atoms with E-state index in [-0.39, 0.29) is 0 Å². The summed E-state index contributed by atoms with van der Waals surface area (Å²) in [6, 6.07) is 42.5. The Bertz CT molecular complexity index is 2030. The van der Waals surface area contributed by atoms with Gasteiger partial charge in [-0.1, -0.05) is 109 Å². The summed E-state index contributed by atoms with van der Waals surface area (Å²) in [6.45, 7) is 0. The second kappa shape index (κ2) is 11.6. The second-order valence-electron chi connectivity index (χ2n) is 11.4. The van der Waals surface area contributed by atoms with Crippen LogP contribution in [0, 0.1) is 0 Å². The van der Waals surface area contributed by atoms with Crippen molar-refractivity contribution in [3.63, 3.8) is 0 Å². The van der Waals surface area contributed by atoms with Gasteiger partial charge < -0.3 is 4.90 Å². The maximum absolute atomic E-state index is 3.39. The highest BCUT2D eigenvalue weighted by Crippen LogP contribution is 2.42. The van der Waals surface area contributed by atoms with Crippen LogP contribution in [0.3, 0.4) is 0 Å². The molecule has 1 heterocycles. The maximum Gasteiger partial charge on any atom is 0.0497 e. The number of anilines is 2. The molecule has 210 valence electrons. The fraction of sp³-hybridized carbons (Fsp3) is 0.0714. The predicted octanol–water partition coefficient (Wildman–Crippen LogP) is 11.2. The zero-order chi connectivity index (χ0) is 29.3. The molecule has 2 aliphatic carbocycles. The van der Waals surface area contributed by atoms with Crippen LogP contribution in [0.2, 0.25) is 0 Å². The molecule has 44 heavy (non-hydrogen) atoms. The molecule has 0 saturated carbocycles. The van der Waals surface area contributed by atoms with Crippen molar-refractivity contribution in [1.82, 2.24) is 0 Å². The Balaban J connectivity index is 1.15. The first-order valence-electron chi connectivity index (χ1n) is 15.3. The fourth-order valence-corrected chi connectivity index (χ4v) is 7.45. The zero-order valence-electron chi connectivity index (χ0n) is 24.4. The molecule has 0 N–H and O–H groups in total. The fourth-order valence-electron chi connectivity index (χ4n) is 6.40. The lowest BCUT2D eigenvalue weighted by molar-refractivity contribution is 0.968. The van der Waals surface area contributed by atoms with Crippen molar-refractivity contribution in [2.45, 2.75) is 29.1 Å². The first-order valence-corrected chi connectivity index (χ1v) is 16.1. The van der Waals surface area contributed by atoms with Crippen LogP contribution in [0.25, 0.3) is 22.4 Å². The number of allylic oxidation sites excluding steroid dienone is 6. The lowest BCUT2D eigenvalue weighted by Gasteiger charge is -2.31. The van der Waals surface area contributed by atoms with Gasteiger partial charge in [0.1, 0.15) is 0 Å². The molecule has 0 amide bonds. The number of fused-ring (bicyclic) bond motifs is 3. The molecule has 8 rings (SSSR count). The van der Waals surface area contributed by atoms with E-state index in [4.69, 9.17) is 0 Å². The average Bonchev–Trinajstić information content (AvgIpc) is 3.38. The molecule has 0 aromatic heterocycles. The normalized spacial score (nSPS) is 14.5. The summed E-state index contributed by atoms with van der Waals surface area (Å²) >= 11 is 1.88. The van der Waals surface area contributed by atoms with Crippen LogP contribution in [0.1, 0.15) is 34.2 Å². The van der Waals surface area contributed by atoms with Crippen LogP contribution in [-0.4, -0.2) is 0 Å². The van der Waals surface area contributed by atoms with Gasteiger partial charge in [-0.2, -0.15) is 0 Å². The van der Waals surface area contributed by atoms with Crippen molar-refractivity contribution in [2.24, 2.45) is 0 Å². The Morgan fingerprint density at radius 1 is 0.591 bits per heavy atom. The molecule has 0 unspecified atom stereocenters. The number of hydrogen-bond acceptors (Lipinski definition) is 2. The number of aryl methyl sites for hydroxylation is 1. The van der Waals surface area contributed by atoms with Crippen LogP contribution in [0.4, 0.5) is 11.4 Å². The molecule has 1 aliphatic heterocycles. The molecule has 0 bridgehead atoms. The molecule has 0 spiro atoms. The van der Waals surface area contributed by atoms with Crippen LogP contribution in [0.5, 0.6) is 0 Å². The molecule has 0 saturated heterocycles. The summed E-state index contributed by atoms with van der Waals surface area (Å²) in [6.07, 6.45) is 15.7. The van der Waals surface area contributed by atoms with Crippen LogP contribution in [0.15, 0.2) is 167 Å². The number of rotatable bonds is 5. The van der Waals surface area contributed by atoms with Gasteiger partial charge in [0.25, 0.3) is 0 Å². The minimum Gasteiger partial charge on any atom is -0.310 e. The molecule has 0 radical (unpaired) electrons. The first kappa shape index (κ1) is 26.6. The lowest BCUT2D eigenvalue weighted by Crippen LogP contribution is -2.18. The molecule has 3 aliphatic rings. The van der Waals surface area contributed by atoms with E-state index in [0.717, 1.165) is 41.8 Å². The van der Waals surface area contributed by atoms with E-state index in [2.05, 4.69) is 144 Å². The van der Waals surface area contributed by atoms with E-state index in [1.807, 2.05) is 30.0 Å². The van der Waals surface area contributed by atoms with Crippen molar-refractivity contribution < 1.29 is 0 Å². The smallest absolute Gasteiger partial charge is 0.0497 e. The highest BCUT2D eigenvalue weighted by molar-refractivity contribution is 7.99. The molecule has 5 aromatic carbocycles. The SMILES string of the molecule is C1=CC=CC=CC=1c1ccc(N(C2=CCCc3ccccc32)c2ccc(-c3ccc4c(c3)Cc3ccccc3S4)cc2)cc1. The van der Waals surface area contributed by atoms with Gasteiger partial charge >= 0.3 is 0 Å². The van der Waals surface area contributed by atoms with Crippen LogP contribution in [-0.2, 0) is 12.8 Å². The quantitative estimate of drug-likeness (QED) is 0.186. The number of benzene rings is 5. The van der Waals surface area contributed by atoms with Crippen molar-refractivity contribution in [2.75, 3.05) is 4.90 Å². The zero-order valence-corrected chi connectivity index (χ0v) is 25.2. The van der Waals surface area contributed by atoms with E-state index >= 15 is 0 Å². The van der Waals surface area contributed by atoms with Crippen molar-refractivity contribution in [3.05, 3.63) is 185 Å². The van der Waals surface area contributed by atoms with Crippen LogP contribution < -0.4 is 4.90 Å². The minimum absolute atomic E-state index is 0.987. The summed E-state index contributed by atoms with van der Waals surface area (Å²) in [7, 11) is 0. The summed E-state index contributed by atoms with van der Waals surface area (Å²) in [5, 5.41) is 0. The Kier molecular flexibility index (Phi) is 7.00. The van der Waals surface area contributed by atoms with Gasteiger partial charge in [0.05, 0.1) is 0 Å². The second-order valence-corrected chi connectivity index (χ2v) is 12.5. The molecule has 5 aromatic rings. The Hall–Kier alpha value is -5.01. The van der Waals surface area contributed by atoms with E-state index in [9.17, 15) is 0 Å². The van der Waals surface area contributed by atoms with E-state index in [1.54, 1.807) is 0 Å². The van der Waals surface area contributed by atoms with Crippen molar-refractivity contribution in [1.29, 1.82) is 0 Å². The van der Waals surface area contributed by atoms with Crippen molar-refractivity contribution in [3.8, 4) is 11.1 Å². The number of hydrogen-bond donors (Lipinski definition) is 0. The van der Waals surface area contributed by atoms with Gasteiger partial charge in [0.15, 0.2) is 0 Å². The standard InChI is InChI=1S/C42H31NS/c1-2-4-11-30(10-3-1)31-18-23-37(24-19-31)43(40-16-9-14-33-12-5-7-15-39(33)40)38-25-20-32(21-26-38)34-22-27-42-36(28-34)29-35-13-6-8-17-41(35)44-42/h1-8,10,12-13,15-28H,9,14,29H2. The van der Waals surface area contributed by atoms with Gasteiger partial charge in [-0.25, -0.2) is 0 Å². The summed E-state index contributed by atoms with van der Waals surface area (Å²) in [5.74, 6) is 0. The largest absolute Gasteiger partial charge is 0.310 e. The minimum atomic E-state index is 0.987. The molecular weight excluding hydrogens is 551 g/mol. The summed E-state index contributed by atoms with van der Waals surface area (Å²) < 4.78 is 0. The number of nitrogens with zero attached hydrogens (tertiary/aromatic N) is 1. The third-order valence-electron chi connectivity index (χ3n) is 8.64. The van der Waals surface area contributed by atoms with Gasteiger partial charge in [-0.3, -0.25) is 0 Å². The summed E-state index contributed by atoms with van der Waals surface area (Å²) in [4.78, 5) is 5.16.